The standard InChI is InChI=1S/C36H37N2O4S3/c1-2-3-8-21-42-26-15-13-25(14-16-26)24-43-36-27(22-33-37(17-19-39)29-9-4-6-11-31(29)44-33)35(41)28(36)23-34-38(18-20-40)30-10-5-7-12-32(30)45-34/h4-7,9-16,22-23,39-40H,2-3,8,17-21,24H2,1H3/q+1. The van der Waals surface area contributed by atoms with Crippen molar-refractivity contribution in [2.45, 2.75) is 43.4 Å². The Morgan fingerprint density at radius 1 is 0.956 bits per heavy atom. The van der Waals surface area contributed by atoms with E-state index in [1.807, 2.05) is 48.6 Å². The third-order valence-electron chi connectivity index (χ3n) is 7.76. The van der Waals surface area contributed by atoms with Crippen LogP contribution in [0.2, 0.25) is 0 Å². The van der Waals surface area contributed by atoms with Gasteiger partial charge in [0.2, 0.25) is 5.52 Å². The van der Waals surface area contributed by atoms with Crippen molar-refractivity contribution in [3.8, 4) is 5.75 Å². The summed E-state index contributed by atoms with van der Waals surface area (Å²) in [4.78, 5) is 18.0. The maximum absolute atomic E-state index is 13.9. The number of ether oxygens (including phenoxy) is 1. The third-order valence-corrected chi connectivity index (χ3v) is 11.2. The number of nitrogens with zero attached hydrogens (tertiary/aromatic N) is 2. The van der Waals surface area contributed by atoms with Gasteiger partial charge in [-0.2, -0.15) is 4.57 Å². The maximum atomic E-state index is 13.9. The van der Waals surface area contributed by atoms with Gasteiger partial charge in [-0.3, -0.25) is 4.79 Å². The monoisotopic (exact) mass is 657 g/mol. The molecule has 2 heterocycles. The van der Waals surface area contributed by atoms with E-state index < -0.39 is 0 Å². The van der Waals surface area contributed by atoms with E-state index in [1.165, 1.54) is 12.8 Å². The molecule has 1 aromatic heterocycles. The Morgan fingerprint density at radius 2 is 1.76 bits per heavy atom. The second kappa shape index (κ2) is 14.8. The Balaban J connectivity index is 1.32. The SMILES string of the molecule is CCCCCOc1ccc(CSC2=C(/C=C3/Sc4ccccc4N3CCO)C(=O)/C2=C/c2sc3ccccc3[n+]2CCO)cc1. The van der Waals surface area contributed by atoms with Gasteiger partial charge in [-0.15, -0.1) is 11.8 Å². The first-order chi connectivity index (χ1) is 22.1. The quantitative estimate of drug-likeness (QED) is 0.0835. The van der Waals surface area contributed by atoms with Crippen LogP contribution in [0.5, 0.6) is 5.75 Å². The maximum Gasteiger partial charge on any atom is 0.263 e. The molecule has 232 valence electrons. The minimum Gasteiger partial charge on any atom is -0.494 e. The summed E-state index contributed by atoms with van der Waals surface area (Å²) in [6.07, 6.45) is 7.37. The fraction of sp³-hybridized carbons (Fsp3) is 0.278. The number of aromatic nitrogens is 1. The first-order valence-corrected chi connectivity index (χ1v) is 18.0. The van der Waals surface area contributed by atoms with Crippen molar-refractivity contribution in [2.75, 3.05) is 31.3 Å². The molecule has 0 spiro atoms. The number of fused-ring (bicyclic) bond motifs is 2. The molecule has 0 radical (unpaired) electrons. The molecule has 2 N–H and O–H groups in total. The lowest BCUT2D eigenvalue weighted by Crippen LogP contribution is -2.37. The van der Waals surface area contributed by atoms with Gasteiger partial charge < -0.3 is 19.8 Å². The molecule has 1 aliphatic heterocycles. The van der Waals surface area contributed by atoms with Gasteiger partial charge in [0, 0.05) is 45.4 Å². The fourth-order valence-corrected chi connectivity index (χ4v) is 8.84. The molecule has 0 amide bonds. The lowest BCUT2D eigenvalue weighted by atomic mass is 9.89. The fourth-order valence-electron chi connectivity index (χ4n) is 5.46. The van der Waals surface area contributed by atoms with E-state index in [4.69, 9.17) is 4.74 Å². The van der Waals surface area contributed by atoms with E-state index in [1.54, 1.807) is 34.9 Å². The number of hydrogen-bond donors (Lipinski definition) is 2. The normalized spacial score (nSPS) is 16.2. The number of aliphatic hydroxyl groups excluding tert-OH is 2. The number of carbonyl (C=O) groups is 1. The van der Waals surface area contributed by atoms with Crippen LogP contribution in [0, 0.1) is 0 Å². The predicted octanol–water partition coefficient (Wildman–Crippen LogP) is 7.35. The number of anilines is 1. The summed E-state index contributed by atoms with van der Waals surface area (Å²) >= 11 is 4.92. The van der Waals surface area contributed by atoms with Crippen molar-refractivity contribution in [3.05, 3.63) is 111 Å². The molecule has 0 saturated carbocycles. The lowest BCUT2D eigenvalue weighted by molar-refractivity contribution is -0.670. The molecule has 45 heavy (non-hydrogen) atoms. The summed E-state index contributed by atoms with van der Waals surface area (Å²) < 4.78 is 9.10. The molecule has 1 aliphatic carbocycles. The summed E-state index contributed by atoms with van der Waals surface area (Å²) in [7, 11) is 0. The van der Waals surface area contributed by atoms with E-state index in [0.717, 1.165) is 60.1 Å². The van der Waals surface area contributed by atoms with Crippen LogP contribution in [-0.4, -0.2) is 42.4 Å². The summed E-state index contributed by atoms with van der Waals surface area (Å²) in [5.74, 6) is 1.60. The van der Waals surface area contributed by atoms with Crippen LogP contribution in [0.25, 0.3) is 16.3 Å². The van der Waals surface area contributed by atoms with E-state index >= 15 is 0 Å². The molecule has 0 fully saturated rings. The molecule has 0 unspecified atom stereocenters. The van der Waals surface area contributed by atoms with Crippen LogP contribution in [0.4, 0.5) is 5.69 Å². The molecule has 4 aromatic rings. The Bertz CT molecular complexity index is 1770. The number of thiazole rings is 1. The number of allylic oxidation sites excluding steroid dienone is 3. The number of aliphatic hydroxyl groups is 2. The van der Waals surface area contributed by atoms with E-state index in [9.17, 15) is 15.0 Å². The highest BCUT2D eigenvalue weighted by Gasteiger charge is 2.36. The highest BCUT2D eigenvalue weighted by atomic mass is 32.2. The summed E-state index contributed by atoms with van der Waals surface area (Å²) in [5.41, 5.74) is 4.63. The van der Waals surface area contributed by atoms with Crippen LogP contribution >= 0.6 is 34.9 Å². The van der Waals surface area contributed by atoms with Crippen LogP contribution in [-0.2, 0) is 17.1 Å². The minimum absolute atomic E-state index is 0.00864. The summed E-state index contributed by atoms with van der Waals surface area (Å²) in [6, 6.07) is 24.5. The van der Waals surface area contributed by atoms with Gasteiger partial charge >= 0.3 is 0 Å². The Kier molecular flexibility index (Phi) is 10.4. The van der Waals surface area contributed by atoms with Crippen molar-refractivity contribution in [1.29, 1.82) is 0 Å². The first kappa shape index (κ1) is 31.6. The van der Waals surface area contributed by atoms with E-state index in [2.05, 4.69) is 52.8 Å². The molecule has 3 aromatic carbocycles. The minimum atomic E-state index is 0.00864. The number of ketones is 1. The zero-order valence-corrected chi connectivity index (χ0v) is 27.7. The third kappa shape index (κ3) is 6.93. The van der Waals surface area contributed by atoms with Gasteiger partial charge in [0.05, 0.1) is 23.9 Å². The topological polar surface area (TPSA) is 73.9 Å². The number of thioether (sulfide) groups is 2. The number of rotatable bonds is 14. The second-order valence-electron chi connectivity index (χ2n) is 10.8. The number of benzene rings is 3. The number of hydrogen-bond acceptors (Lipinski definition) is 8. The van der Waals surface area contributed by atoms with Crippen molar-refractivity contribution in [3.63, 3.8) is 0 Å². The number of para-hydroxylation sites is 2. The Morgan fingerprint density at radius 3 is 2.56 bits per heavy atom. The molecule has 6 rings (SSSR count). The average molecular weight is 658 g/mol. The Hall–Kier alpha value is -3.34. The van der Waals surface area contributed by atoms with Crippen LogP contribution in [0.15, 0.2) is 105 Å². The number of Topliss-reactive ketones (excluding diaryl/α,β-unsaturated/α-hetero) is 1. The second-order valence-corrected chi connectivity index (χ2v) is 13.9. The lowest BCUT2D eigenvalue weighted by Gasteiger charge is -2.25. The van der Waals surface area contributed by atoms with E-state index in [-0.39, 0.29) is 19.0 Å². The molecular formula is C36H37N2O4S3+. The number of β-amino-alcohol motifs (C(OH)–C–C–N with tert-alkyl or cyclic N) is 1. The highest BCUT2D eigenvalue weighted by molar-refractivity contribution is 8.04. The number of unbranched alkanes of at least 4 members (excludes halogenated alkanes) is 2. The van der Waals surface area contributed by atoms with Crippen LogP contribution < -0.4 is 14.2 Å². The molecule has 0 saturated heterocycles. The van der Waals surface area contributed by atoms with Crippen molar-refractivity contribution in [1.82, 2.24) is 0 Å². The smallest absolute Gasteiger partial charge is 0.263 e. The van der Waals surface area contributed by atoms with Gasteiger partial charge in [-0.05, 0) is 48.4 Å². The van der Waals surface area contributed by atoms with Crippen molar-refractivity contribution >= 4 is 62.6 Å². The molecule has 6 nitrogen and oxygen atoms in total. The Labute approximate surface area is 276 Å². The first-order valence-electron chi connectivity index (χ1n) is 15.4. The van der Waals surface area contributed by atoms with Gasteiger partial charge in [0.1, 0.15) is 17.1 Å². The summed E-state index contributed by atoms with van der Waals surface area (Å²) in [5, 5.41) is 21.5. The molecular weight excluding hydrogens is 621 g/mol. The predicted molar refractivity (Wildman–Crippen MR) is 187 cm³/mol. The summed E-state index contributed by atoms with van der Waals surface area (Å²) in [6.45, 7) is 3.86. The molecule has 2 aliphatic rings. The zero-order valence-electron chi connectivity index (χ0n) is 25.3. The highest BCUT2D eigenvalue weighted by Crippen LogP contribution is 2.49. The number of carbonyl (C=O) groups excluding carboxylic acids is 1. The van der Waals surface area contributed by atoms with Crippen LogP contribution in [0.1, 0.15) is 36.8 Å². The molecule has 9 heteroatoms. The van der Waals surface area contributed by atoms with Gasteiger partial charge in [-0.1, -0.05) is 79.3 Å². The molecule has 0 atom stereocenters. The largest absolute Gasteiger partial charge is 0.494 e. The van der Waals surface area contributed by atoms with Gasteiger partial charge in [0.25, 0.3) is 5.01 Å². The van der Waals surface area contributed by atoms with Crippen molar-refractivity contribution in [2.24, 2.45) is 0 Å². The van der Waals surface area contributed by atoms with Crippen molar-refractivity contribution < 1.29 is 24.3 Å². The average Bonchev–Trinajstić information content (AvgIpc) is 3.60. The van der Waals surface area contributed by atoms with Gasteiger partial charge in [0.15, 0.2) is 12.3 Å². The van der Waals surface area contributed by atoms with Crippen LogP contribution in [0.3, 0.4) is 0 Å². The zero-order chi connectivity index (χ0) is 31.2. The van der Waals surface area contributed by atoms with Gasteiger partial charge in [-0.25, -0.2) is 0 Å². The molecule has 0 bridgehead atoms. The van der Waals surface area contributed by atoms with E-state index in [0.29, 0.717) is 30.0 Å².